The van der Waals surface area contributed by atoms with E-state index in [1.54, 1.807) is 7.11 Å². The van der Waals surface area contributed by atoms with Crippen LogP contribution in [0, 0.1) is 5.92 Å². The summed E-state index contributed by atoms with van der Waals surface area (Å²) in [5.41, 5.74) is 5.72. The maximum absolute atomic E-state index is 11.6. The Morgan fingerprint density at radius 1 is 1.47 bits per heavy atom. The number of carbonyl (C=O) groups is 1. The van der Waals surface area contributed by atoms with Crippen molar-refractivity contribution in [2.45, 2.75) is 45.7 Å². The van der Waals surface area contributed by atoms with E-state index in [9.17, 15) is 4.79 Å². The first-order valence-electron chi connectivity index (χ1n) is 5.57. The van der Waals surface area contributed by atoms with Crippen molar-refractivity contribution in [1.82, 2.24) is 5.32 Å². The third-order valence-electron chi connectivity index (χ3n) is 2.42. The second kappa shape index (κ2) is 7.65. The molecular weight excluding hydrogens is 192 g/mol. The molecule has 1 amide bonds. The Morgan fingerprint density at radius 3 is 2.47 bits per heavy atom. The fourth-order valence-electron chi connectivity index (χ4n) is 1.31. The number of ether oxygens (including phenoxy) is 1. The van der Waals surface area contributed by atoms with Crippen LogP contribution in [-0.2, 0) is 9.53 Å². The lowest BCUT2D eigenvalue weighted by Gasteiger charge is -2.23. The Kier molecular flexibility index (Phi) is 7.34. The molecule has 1 unspecified atom stereocenters. The van der Waals surface area contributed by atoms with Crippen molar-refractivity contribution in [2.24, 2.45) is 11.7 Å². The lowest BCUT2D eigenvalue weighted by atomic mass is 10.0. The first kappa shape index (κ1) is 14.4. The fourth-order valence-corrected chi connectivity index (χ4v) is 1.31. The summed E-state index contributed by atoms with van der Waals surface area (Å²) in [4.78, 5) is 11.6. The molecule has 0 saturated carbocycles. The summed E-state index contributed by atoms with van der Waals surface area (Å²) in [6.07, 6.45) is 1.65. The summed E-state index contributed by atoms with van der Waals surface area (Å²) in [6.45, 7) is 6.65. The lowest BCUT2D eigenvalue weighted by Crippen LogP contribution is -2.48. The van der Waals surface area contributed by atoms with Crippen LogP contribution in [0.1, 0.15) is 33.6 Å². The SMILES string of the molecule is CCC[C@@H](N)C(=O)NC(COC)C(C)C. The fraction of sp³-hybridized carbons (Fsp3) is 0.909. The molecule has 0 aromatic carbocycles. The molecule has 0 fully saturated rings. The second-order valence-corrected chi connectivity index (χ2v) is 4.21. The predicted octanol–water partition coefficient (Wildman–Crippen LogP) is 0.901. The molecule has 0 saturated heterocycles. The molecule has 0 aliphatic rings. The third-order valence-corrected chi connectivity index (χ3v) is 2.42. The van der Waals surface area contributed by atoms with Gasteiger partial charge in [-0.3, -0.25) is 4.79 Å². The van der Waals surface area contributed by atoms with Crippen molar-refractivity contribution < 1.29 is 9.53 Å². The van der Waals surface area contributed by atoms with E-state index in [0.29, 0.717) is 12.5 Å². The smallest absolute Gasteiger partial charge is 0.237 e. The van der Waals surface area contributed by atoms with Crippen LogP contribution in [0.2, 0.25) is 0 Å². The Labute approximate surface area is 92.6 Å². The topological polar surface area (TPSA) is 64.4 Å². The minimum Gasteiger partial charge on any atom is -0.383 e. The molecule has 15 heavy (non-hydrogen) atoms. The van der Waals surface area contributed by atoms with Gasteiger partial charge in [-0.25, -0.2) is 0 Å². The number of nitrogens with one attached hydrogen (secondary N) is 1. The van der Waals surface area contributed by atoms with Crippen LogP contribution in [0.5, 0.6) is 0 Å². The maximum Gasteiger partial charge on any atom is 0.237 e. The molecule has 0 heterocycles. The van der Waals surface area contributed by atoms with E-state index < -0.39 is 6.04 Å². The van der Waals surface area contributed by atoms with Gasteiger partial charge < -0.3 is 15.8 Å². The monoisotopic (exact) mass is 216 g/mol. The number of methoxy groups -OCH3 is 1. The van der Waals surface area contributed by atoms with E-state index in [0.717, 1.165) is 12.8 Å². The number of carbonyl (C=O) groups excluding carboxylic acids is 1. The summed E-state index contributed by atoms with van der Waals surface area (Å²) in [6, 6.07) is -0.349. The van der Waals surface area contributed by atoms with Crippen LogP contribution in [0.4, 0.5) is 0 Å². The largest absolute Gasteiger partial charge is 0.383 e. The van der Waals surface area contributed by atoms with Crippen molar-refractivity contribution in [2.75, 3.05) is 13.7 Å². The minimum atomic E-state index is -0.395. The quantitative estimate of drug-likeness (QED) is 0.664. The molecule has 3 N–H and O–H groups in total. The van der Waals surface area contributed by atoms with E-state index >= 15 is 0 Å². The van der Waals surface area contributed by atoms with E-state index in [4.69, 9.17) is 10.5 Å². The number of nitrogens with two attached hydrogens (primary N) is 1. The molecule has 0 rings (SSSR count). The Morgan fingerprint density at radius 2 is 2.07 bits per heavy atom. The van der Waals surface area contributed by atoms with E-state index in [-0.39, 0.29) is 11.9 Å². The zero-order valence-electron chi connectivity index (χ0n) is 10.2. The number of hydrogen-bond donors (Lipinski definition) is 2. The standard InChI is InChI=1S/C11H24N2O2/c1-5-6-9(12)11(14)13-10(7-15-4)8(2)3/h8-10H,5-7,12H2,1-4H3,(H,13,14)/t9-,10?/m1/s1. The van der Waals surface area contributed by atoms with Gasteiger partial charge in [0.2, 0.25) is 5.91 Å². The zero-order chi connectivity index (χ0) is 11.8. The van der Waals surface area contributed by atoms with Gasteiger partial charge >= 0.3 is 0 Å². The number of hydrogen-bond acceptors (Lipinski definition) is 3. The molecule has 0 aromatic rings. The molecule has 0 aliphatic carbocycles. The molecule has 0 aliphatic heterocycles. The maximum atomic E-state index is 11.6. The summed E-state index contributed by atoms with van der Waals surface area (Å²) in [5.74, 6) is 0.273. The van der Waals surface area contributed by atoms with Crippen LogP contribution in [-0.4, -0.2) is 31.7 Å². The second-order valence-electron chi connectivity index (χ2n) is 4.21. The third kappa shape index (κ3) is 5.74. The van der Waals surface area contributed by atoms with Crippen LogP contribution < -0.4 is 11.1 Å². The van der Waals surface area contributed by atoms with E-state index in [2.05, 4.69) is 19.2 Å². The molecular formula is C11H24N2O2. The Hall–Kier alpha value is -0.610. The Bertz CT molecular complexity index is 183. The number of rotatable bonds is 7. The van der Waals surface area contributed by atoms with Gasteiger partial charge in [0.1, 0.15) is 0 Å². The molecule has 0 aromatic heterocycles. The molecule has 0 spiro atoms. The zero-order valence-corrected chi connectivity index (χ0v) is 10.2. The van der Waals surface area contributed by atoms with Crippen LogP contribution in [0.3, 0.4) is 0 Å². The van der Waals surface area contributed by atoms with Crippen molar-refractivity contribution in [3.05, 3.63) is 0 Å². The average molecular weight is 216 g/mol. The van der Waals surface area contributed by atoms with Crippen LogP contribution >= 0.6 is 0 Å². The molecule has 90 valence electrons. The highest BCUT2D eigenvalue weighted by Gasteiger charge is 2.19. The average Bonchev–Trinajstić information content (AvgIpc) is 2.17. The molecule has 0 radical (unpaired) electrons. The van der Waals surface area contributed by atoms with Gasteiger partial charge in [0, 0.05) is 7.11 Å². The summed E-state index contributed by atoms with van der Waals surface area (Å²) in [5, 5.41) is 2.91. The minimum absolute atomic E-state index is 0.0467. The van der Waals surface area contributed by atoms with Gasteiger partial charge in [0.15, 0.2) is 0 Å². The van der Waals surface area contributed by atoms with E-state index in [1.807, 2.05) is 6.92 Å². The normalized spacial score (nSPS) is 15.1. The van der Waals surface area contributed by atoms with Gasteiger partial charge in [-0.05, 0) is 12.3 Å². The van der Waals surface area contributed by atoms with Gasteiger partial charge in [0.05, 0.1) is 18.7 Å². The van der Waals surface area contributed by atoms with Crippen LogP contribution in [0.15, 0.2) is 0 Å². The lowest BCUT2D eigenvalue weighted by molar-refractivity contribution is -0.124. The number of amides is 1. The van der Waals surface area contributed by atoms with Crippen molar-refractivity contribution >= 4 is 5.91 Å². The Balaban J connectivity index is 4.09. The van der Waals surface area contributed by atoms with Gasteiger partial charge in [0.25, 0.3) is 0 Å². The first-order chi connectivity index (χ1) is 7.02. The molecule has 2 atom stereocenters. The molecule has 4 heteroatoms. The summed E-state index contributed by atoms with van der Waals surface area (Å²) in [7, 11) is 1.63. The van der Waals surface area contributed by atoms with Crippen molar-refractivity contribution in [3.8, 4) is 0 Å². The van der Waals surface area contributed by atoms with Gasteiger partial charge in [-0.2, -0.15) is 0 Å². The van der Waals surface area contributed by atoms with Gasteiger partial charge in [-0.15, -0.1) is 0 Å². The van der Waals surface area contributed by atoms with Crippen molar-refractivity contribution in [3.63, 3.8) is 0 Å². The molecule has 0 bridgehead atoms. The van der Waals surface area contributed by atoms with E-state index in [1.165, 1.54) is 0 Å². The molecule has 4 nitrogen and oxygen atoms in total. The highest BCUT2D eigenvalue weighted by molar-refractivity contribution is 5.81. The predicted molar refractivity (Wildman–Crippen MR) is 61.5 cm³/mol. The van der Waals surface area contributed by atoms with Crippen LogP contribution in [0.25, 0.3) is 0 Å². The van der Waals surface area contributed by atoms with Crippen molar-refractivity contribution in [1.29, 1.82) is 0 Å². The summed E-state index contributed by atoms with van der Waals surface area (Å²) >= 11 is 0. The first-order valence-corrected chi connectivity index (χ1v) is 5.57. The highest BCUT2D eigenvalue weighted by atomic mass is 16.5. The summed E-state index contributed by atoms with van der Waals surface area (Å²) < 4.78 is 5.05. The highest BCUT2D eigenvalue weighted by Crippen LogP contribution is 2.03. The van der Waals surface area contributed by atoms with Gasteiger partial charge in [-0.1, -0.05) is 27.2 Å².